The molecule has 1 heterocycles. The summed E-state index contributed by atoms with van der Waals surface area (Å²) < 4.78 is 4.72. The zero-order valence-corrected chi connectivity index (χ0v) is 9.76. The van der Waals surface area contributed by atoms with Crippen LogP contribution in [0.5, 0.6) is 0 Å². The van der Waals surface area contributed by atoms with Crippen LogP contribution >= 0.6 is 0 Å². The molecule has 17 heavy (non-hydrogen) atoms. The first-order chi connectivity index (χ1) is 8.24. The second-order valence-electron chi connectivity index (χ2n) is 4.05. The Kier molecular flexibility index (Phi) is 3.42. The van der Waals surface area contributed by atoms with Crippen LogP contribution in [0, 0.1) is 0 Å². The van der Waals surface area contributed by atoms with E-state index in [2.05, 4.69) is 0 Å². The summed E-state index contributed by atoms with van der Waals surface area (Å²) in [6.07, 6.45) is 1.53. The van der Waals surface area contributed by atoms with Gasteiger partial charge in [0.2, 0.25) is 0 Å². The molecular formula is C13H15NO3. The molecule has 2 rings (SSSR count). The summed E-state index contributed by atoms with van der Waals surface area (Å²) in [6.45, 7) is 0.619. The number of ether oxygens (including phenoxy) is 1. The van der Waals surface area contributed by atoms with Gasteiger partial charge in [-0.15, -0.1) is 0 Å². The summed E-state index contributed by atoms with van der Waals surface area (Å²) in [6, 6.07) is 8.59. The Morgan fingerprint density at radius 3 is 2.65 bits per heavy atom. The molecule has 1 unspecified atom stereocenters. The number of rotatable bonds is 2. The quantitative estimate of drug-likeness (QED) is 0.727. The summed E-state index contributed by atoms with van der Waals surface area (Å²) >= 11 is 0. The fourth-order valence-electron chi connectivity index (χ4n) is 2.14. The van der Waals surface area contributed by atoms with Gasteiger partial charge in [-0.1, -0.05) is 18.2 Å². The molecule has 0 saturated carbocycles. The molecule has 1 saturated heterocycles. The maximum atomic E-state index is 12.2. The molecule has 0 aromatic heterocycles. The van der Waals surface area contributed by atoms with Crippen molar-refractivity contribution in [3.8, 4) is 0 Å². The highest BCUT2D eigenvalue weighted by molar-refractivity contribution is 5.97. The van der Waals surface area contributed by atoms with Crippen molar-refractivity contribution in [2.24, 2.45) is 0 Å². The van der Waals surface area contributed by atoms with E-state index in [0.717, 1.165) is 6.42 Å². The third-order valence-corrected chi connectivity index (χ3v) is 3.01. The molecule has 90 valence electrons. The van der Waals surface area contributed by atoms with Gasteiger partial charge in [0.25, 0.3) is 5.91 Å². The zero-order valence-electron chi connectivity index (χ0n) is 9.76. The molecule has 1 atom stereocenters. The van der Waals surface area contributed by atoms with Crippen LogP contribution in [0.2, 0.25) is 0 Å². The third-order valence-electron chi connectivity index (χ3n) is 3.01. The lowest BCUT2D eigenvalue weighted by Crippen LogP contribution is -2.41. The highest BCUT2D eigenvalue weighted by atomic mass is 16.5. The number of esters is 1. The lowest BCUT2D eigenvalue weighted by molar-refractivity contribution is -0.145. The second kappa shape index (κ2) is 4.99. The van der Waals surface area contributed by atoms with Gasteiger partial charge in [0.05, 0.1) is 7.11 Å². The Balaban J connectivity index is 2.17. The van der Waals surface area contributed by atoms with Gasteiger partial charge >= 0.3 is 5.97 Å². The molecule has 1 aromatic rings. The van der Waals surface area contributed by atoms with Gasteiger partial charge in [0, 0.05) is 12.1 Å². The van der Waals surface area contributed by atoms with E-state index in [1.807, 2.05) is 18.2 Å². The number of hydrogen-bond acceptors (Lipinski definition) is 3. The Bertz CT molecular complexity index is 416. The largest absolute Gasteiger partial charge is 0.467 e. The van der Waals surface area contributed by atoms with E-state index in [1.165, 1.54) is 7.11 Å². The van der Waals surface area contributed by atoms with Crippen molar-refractivity contribution in [1.29, 1.82) is 0 Å². The maximum absolute atomic E-state index is 12.2. The van der Waals surface area contributed by atoms with Gasteiger partial charge in [-0.25, -0.2) is 4.79 Å². The normalized spacial score (nSPS) is 19.1. The van der Waals surface area contributed by atoms with Crippen molar-refractivity contribution in [2.45, 2.75) is 18.9 Å². The minimum absolute atomic E-state index is 0.0986. The number of carbonyl (C=O) groups is 2. The minimum atomic E-state index is -0.423. The average Bonchev–Trinajstić information content (AvgIpc) is 2.87. The van der Waals surface area contributed by atoms with Gasteiger partial charge in [0.15, 0.2) is 0 Å². The van der Waals surface area contributed by atoms with Crippen molar-refractivity contribution in [3.63, 3.8) is 0 Å². The van der Waals surface area contributed by atoms with E-state index < -0.39 is 6.04 Å². The molecule has 1 amide bonds. The van der Waals surface area contributed by atoms with Crippen molar-refractivity contribution in [1.82, 2.24) is 4.90 Å². The predicted octanol–water partition coefficient (Wildman–Crippen LogP) is 1.46. The van der Waals surface area contributed by atoms with Gasteiger partial charge < -0.3 is 9.64 Å². The molecule has 0 spiro atoms. The fourth-order valence-corrected chi connectivity index (χ4v) is 2.14. The molecule has 4 nitrogen and oxygen atoms in total. The fraction of sp³-hybridized carbons (Fsp3) is 0.385. The van der Waals surface area contributed by atoms with Crippen molar-refractivity contribution in [3.05, 3.63) is 35.9 Å². The van der Waals surface area contributed by atoms with Crippen LogP contribution in [0.4, 0.5) is 0 Å². The smallest absolute Gasteiger partial charge is 0.328 e. The Morgan fingerprint density at radius 2 is 2.00 bits per heavy atom. The molecule has 0 bridgehead atoms. The SMILES string of the molecule is COC(=O)C1CCCN1C(=O)c1ccccc1. The van der Waals surface area contributed by atoms with E-state index in [9.17, 15) is 9.59 Å². The van der Waals surface area contributed by atoms with Crippen LogP contribution in [0.15, 0.2) is 30.3 Å². The number of nitrogens with zero attached hydrogens (tertiary/aromatic N) is 1. The highest BCUT2D eigenvalue weighted by Gasteiger charge is 2.35. The van der Waals surface area contributed by atoms with Crippen LogP contribution in [-0.2, 0) is 9.53 Å². The molecule has 1 fully saturated rings. The second-order valence-corrected chi connectivity index (χ2v) is 4.05. The topological polar surface area (TPSA) is 46.6 Å². The zero-order chi connectivity index (χ0) is 12.3. The monoisotopic (exact) mass is 233 g/mol. The van der Waals surface area contributed by atoms with Gasteiger partial charge in [0.1, 0.15) is 6.04 Å². The van der Waals surface area contributed by atoms with E-state index >= 15 is 0 Å². The first kappa shape index (κ1) is 11.6. The van der Waals surface area contributed by atoms with Crippen LogP contribution in [0.3, 0.4) is 0 Å². The number of methoxy groups -OCH3 is 1. The first-order valence-corrected chi connectivity index (χ1v) is 5.68. The Labute approximate surface area is 100 Å². The van der Waals surface area contributed by atoms with Gasteiger partial charge in [-0.3, -0.25) is 4.79 Å². The van der Waals surface area contributed by atoms with Gasteiger partial charge in [-0.2, -0.15) is 0 Å². The number of carbonyl (C=O) groups excluding carboxylic acids is 2. The molecule has 0 aliphatic carbocycles. The predicted molar refractivity (Wildman–Crippen MR) is 62.5 cm³/mol. The Morgan fingerprint density at radius 1 is 1.29 bits per heavy atom. The summed E-state index contributed by atoms with van der Waals surface area (Å²) in [5.41, 5.74) is 0.614. The summed E-state index contributed by atoms with van der Waals surface area (Å²) in [5.74, 6) is -0.426. The van der Waals surface area contributed by atoms with Crippen LogP contribution in [0.1, 0.15) is 23.2 Å². The molecule has 1 aromatic carbocycles. The van der Waals surface area contributed by atoms with Gasteiger partial charge in [-0.05, 0) is 25.0 Å². The molecule has 4 heteroatoms. The third kappa shape index (κ3) is 2.30. The number of benzene rings is 1. The van der Waals surface area contributed by atoms with Crippen molar-refractivity contribution >= 4 is 11.9 Å². The van der Waals surface area contributed by atoms with Crippen LogP contribution in [-0.4, -0.2) is 36.5 Å². The molecule has 0 radical (unpaired) electrons. The molecule has 1 aliphatic rings. The first-order valence-electron chi connectivity index (χ1n) is 5.68. The summed E-state index contributed by atoms with van der Waals surface area (Å²) in [7, 11) is 1.35. The summed E-state index contributed by atoms with van der Waals surface area (Å²) in [4.78, 5) is 25.3. The van der Waals surface area contributed by atoms with Crippen molar-refractivity contribution < 1.29 is 14.3 Å². The summed E-state index contributed by atoms with van der Waals surface area (Å²) in [5, 5.41) is 0. The lowest BCUT2D eigenvalue weighted by Gasteiger charge is -2.22. The molecule has 0 N–H and O–H groups in total. The van der Waals surface area contributed by atoms with E-state index in [0.29, 0.717) is 18.5 Å². The molecule has 1 aliphatic heterocycles. The average molecular weight is 233 g/mol. The number of likely N-dealkylation sites (tertiary alicyclic amines) is 1. The highest BCUT2D eigenvalue weighted by Crippen LogP contribution is 2.20. The standard InChI is InChI=1S/C13H15NO3/c1-17-13(16)11-8-5-9-14(11)12(15)10-6-3-2-4-7-10/h2-4,6-7,11H,5,8-9H2,1H3. The van der Waals surface area contributed by atoms with E-state index in [4.69, 9.17) is 4.74 Å². The van der Waals surface area contributed by atoms with Crippen LogP contribution in [0.25, 0.3) is 0 Å². The Hall–Kier alpha value is -1.84. The molecular weight excluding hydrogens is 218 g/mol. The van der Waals surface area contributed by atoms with Crippen LogP contribution < -0.4 is 0 Å². The van der Waals surface area contributed by atoms with E-state index in [-0.39, 0.29) is 11.9 Å². The van der Waals surface area contributed by atoms with E-state index in [1.54, 1.807) is 17.0 Å². The lowest BCUT2D eigenvalue weighted by atomic mass is 10.1. The number of hydrogen-bond donors (Lipinski definition) is 0. The van der Waals surface area contributed by atoms with Crippen molar-refractivity contribution in [2.75, 3.05) is 13.7 Å². The number of amides is 1. The maximum Gasteiger partial charge on any atom is 0.328 e. The minimum Gasteiger partial charge on any atom is -0.467 e.